The fourth-order valence-electron chi connectivity index (χ4n) is 3.93. The fourth-order valence-corrected chi connectivity index (χ4v) is 3.93. The summed E-state index contributed by atoms with van der Waals surface area (Å²) < 4.78 is 1.93. The normalized spacial score (nSPS) is 20.7. The third-order valence-electron chi connectivity index (χ3n) is 5.48. The quantitative estimate of drug-likeness (QED) is 0.866. The zero-order valence-electron chi connectivity index (χ0n) is 15.4. The third-order valence-corrected chi connectivity index (χ3v) is 5.48. The van der Waals surface area contributed by atoms with Gasteiger partial charge in [-0.2, -0.15) is 0 Å². The minimum Gasteiger partial charge on any atom is -0.344 e. The minimum atomic E-state index is -0.315. The summed E-state index contributed by atoms with van der Waals surface area (Å²) in [5.41, 5.74) is 2.21. The summed E-state index contributed by atoms with van der Waals surface area (Å²) >= 11 is 0. The molecule has 0 radical (unpaired) electrons. The number of aromatic nitrogens is 3. The smallest absolute Gasteiger partial charge is 0.245 e. The topological polar surface area (TPSA) is 80.1 Å². The lowest BCUT2D eigenvalue weighted by Gasteiger charge is -2.33. The van der Waals surface area contributed by atoms with E-state index in [0.29, 0.717) is 18.8 Å². The van der Waals surface area contributed by atoms with E-state index in [-0.39, 0.29) is 17.9 Å². The predicted octanol–water partition coefficient (Wildman–Crippen LogP) is 1.39. The van der Waals surface area contributed by atoms with Crippen LogP contribution in [0.1, 0.15) is 36.9 Å². The SMILES string of the molecule is O=C1CC[C@@H](C(=O)N2CCC(Cn3cc(Cc4ccccc4)nn3)CC2)N1. The van der Waals surface area contributed by atoms with Gasteiger partial charge in [0.15, 0.2) is 0 Å². The zero-order valence-corrected chi connectivity index (χ0v) is 15.4. The first kappa shape index (κ1) is 17.7. The number of nitrogens with one attached hydrogen (secondary N) is 1. The van der Waals surface area contributed by atoms with Crippen LogP contribution in [0.4, 0.5) is 0 Å². The van der Waals surface area contributed by atoms with Gasteiger partial charge in [-0.05, 0) is 30.7 Å². The van der Waals surface area contributed by atoms with Crippen LogP contribution in [0.25, 0.3) is 0 Å². The third kappa shape index (κ3) is 4.35. The molecule has 0 saturated carbocycles. The molecule has 2 aliphatic rings. The van der Waals surface area contributed by atoms with Gasteiger partial charge in [-0.25, -0.2) is 0 Å². The van der Waals surface area contributed by atoms with E-state index in [1.807, 2.05) is 34.0 Å². The molecule has 0 unspecified atom stereocenters. The summed E-state index contributed by atoms with van der Waals surface area (Å²) in [6.07, 6.45) is 5.82. The van der Waals surface area contributed by atoms with Crippen molar-refractivity contribution < 1.29 is 9.59 Å². The molecular weight excluding hydrogens is 342 g/mol. The molecule has 142 valence electrons. The van der Waals surface area contributed by atoms with Crippen molar-refractivity contribution in [1.82, 2.24) is 25.2 Å². The second kappa shape index (κ2) is 7.90. The second-order valence-corrected chi connectivity index (χ2v) is 7.52. The molecule has 0 aliphatic carbocycles. The standard InChI is InChI=1S/C20H25N5O2/c26-19-7-6-18(21-19)20(27)24-10-8-16(9-11-24)13-25-14-17(22-23-25)12-15-4-2-1-3-5-15/h1-5,14,16,18H,6-13H2,(H,21,26)/t18-/m0/s1. The van der Waals surface area contributed by atoms with Gasteiger partial charge >= 0.3 is 0 Å². The molecule has 2 aromatic rings. The maximum absolute atomic E-state index is 12.5. The summed E-state index contributed by atoms with van der Waals surface area (Å²) in [7, 11) is 0. The first-order valence-corrected chi connectivity index (χ1v) is 9.68. The van der Waals surface area contributed by atoms with Gasteiger partial charge in [-0.1, -0.05) is 35.5 Å². The van der Waals surface area contributed by atoms with Gasteiger partial charge < -0.3 is 10.2 Å². The number of rotatable bonds is 5. The largest absolute Gasteiger partial charge is 0.344 e. The fraction of sp³-hybridized carbons (Fsp3) is 0.500. The second-order valence-electron chi connectivity index (χ2n) is 7.52. The molecule has 2 amide bonds. The van der Waals surface area contributed by atoms with Crippen molar-refractivity contribution in [1.29, 1.82) is 0 Å². The van der Waals surface area contributed by atoms with Crippen LogP contribution in [-0.2, 0) is 22.6 Å². The average Bonchev–Trinajstić information content (AvgIpc) is 3.31. The van der Waals surface area contributed by atoms with Crippen molar-refractivity contribution in [3.8, 4) is 0 Å². The Labute approximate surface area is 158 Å². The lowest BCUT2D eigenvalue weighted by molar-refractivity contribution is -0.135. The van der Waals surface area contributed by atoms with E-state index in [0.717, 1.165) is 44.6 Å². The highest BCUT2D eigenvalue weighted by atomic mass is 16.2. The molecule has 7 nitrogen and oxygen atoms in total. The van der Waals surface area contributed by atoms with Crippen molar-refractivity contribution in [3.63, 3.8) is 0 Å². The number of carbonyl (C=O) groups is 2. The molecular formula is C20H25N5O2. The molecule has 1 aromatic carbocycles. The van der Waals surface area contributed by atoms with Crippen molar-refractivity contribution in [2.75, 3.05) is 13.1 Å². The van der Waals surface area contributed by atoms with Gasteiger partial charge in [-0.15, -0.1) is 5.10 Å². The molecule has 2 fully saturated rings. The molecule has 4 rings (SSSR count). The Bertz CT molecular complexity index is 796. The molecule has 2 aliphatic heterocycles. The van der Waals surface area contributed by atoms with Crippen LogP contribution in [0.2, 0.25) is 0 Å². The van der Waals surface area contributed by atoms with E-state index in [1.165, 1.54) is 5.56 Å². The number of benzene rings is 1. The Morgan fingerprint density at radius 3 is 2.63 bits per heavy atom. The number of amides is 2. The van der Waals surface area contributed by atoms with E-state index in [2.05, 4.69) is 27.8 Å². The van der Waals surface area contributed by atoms with Gasteiger partial charge in [0.05, 0.1) is 5.69 Å². The highest BCUT2D eigenvalue weighted by Crippen LogP contribution is 2.21. The molecule has 2 saturated heterocycles. The lowest BCUT2D eigenvalue weighted by Crippen LogP contribution is -2.47. The Kier molecular flexibility index (Phi) is 5.18. The Morgan fingerprint density at radius 2 is 1.93 bits per heavy atom. The number of carbonyl (C=O) groups excluding carboxylic acids is 2. The van der Waals surface area contributed by atoms with E-state index < -0.39 is 0 Å². The molecule has 1 N–H and O–H groups in total. The number of nitrogens with zero attached hydrogens (tertiary/aromatic N) is 4. The first-order valence-electron chi connectivity index (χ1n) is 9.68. The number of piperidine rings is 1. The first-order chi connectivity index (χ1) is 13.2. The summed E-state index contributed by atoms with van der Waals surface area (Å²) in [5, 5.41) is 11.3. The van der Waals surface area contributed by atoms with Crippen LogP contribution < -0.4 is 5.32 Å². The Hall–Kier alpha value is -2.70. The zero-order chi connectivity index (χ0) is 18.6. The molecule has 0 bridgehead atoms. The Balaban J connectivity index is 1.26. The van der Waals surface area contributed by atoms with Crippen LogP contribution in [-0.4, -0.2) is 50.8 Å². The molecule has 1 atom stereocenters. The van der Waals surface area contributed by atoms with Crippen LogP contribution in [0.15, 0.2) is 36.5 Å². The van der Waals surface area contributed by atoms with Crippen LogP contribution in [0, 0.1) is 5.92 Å². The molecule has 27 heavy (non-hydrogen) atoms. The minimum absolute atomic E-state index is 0.0132. The van der Waals surface area contributed by atoms with Crippen molar-refractivity contribution >= 4 is 11.8 Å². The van der Waals surface area contributed by atoms with Crippen LogP contribution in [0.5, 0.6) is 0 Å². The number of hydrogen-bond acceptors (Lipinski definition) is 4. The van der Waals surface area contributed by atoms with E-state index in [4.69, 9.17) is 0 Å². The number of likely N-dealkylation sites (tertiary alicyclic amines) is 1. The van der Waals surface area contributed by atoms with Gasteiger partial charge in [0.1, 0.15) is 6.04 Å². The monoisotopic (exact) mass is 367 g/mol. The highest BCUT2D eigenvalue weighted by molar-refractivity contribution is 5.90. The lowest BCUT2D eigenvalue weighted by atomic mass is 9.96. The van der Waals surface area contributed by atoms with E-state index in [1.54, 1.807) is 0 Å². The molecule has 0 spiro atoms. The highest BCUT2D eigenvalue weighted by Gasteiger charge is 2.32. The van der Waals surface area contributed by atoms with E-state index >= 15 is 0 Å². The molecule has 3 heterocycles. The summed E-state index contributed by atoms with van der Waals surface area (Å²) in [4.78, 5) is 25.7. The maximum Gasteiger partial charge on any atom is 0.245 e. The maximum atomic E-state index is 12.5. The van der Waals surface area contributed by atoms with Gasteiger partial charge in [0.2, 0.25) is 11.8 Å². The van der Waals surface area contributed by atoms with Gasteiger partial charge in [0.25, 0.3) is 0 Å². The summed E-state index contributed by atoms with van der Waals surface area (Å²) in [6, 6.07) is 9.96. The van der Waals surface area contributed by atoms with Crippen LogP contribution in [0.3, 0.4) is 0 Å². The molecule has 7 heteroatoms. The number of hydrogen-bond donors (Lipinski definition) is 1. The van der Waals surface area contributed by atoms with Crippen molar-refractivity contribution in [3.05, 3.63) is 47.8 Å². The van der Waals surface area contributed by atoms with Crippen molar-refractivity contribution in [2.45, 2.75) is 44.7 Å². The summed E-state index contributed by atoms with van der Waals surface area (Å²) in [6.45, 7) is 2.34. The average molecular weight is 367 g/mol. The molecule has 1 aromatic heterocycles. The summed E-state index contributed by atoms with van der Waals surface area (Å²) in [5.74, 6) is 0.560. The van der Waals surface area contributed by atoms with Gasteiger partial charge in [-0.3, -0.25) is 14.3 Å². The van der Waals surface area contributed by atoms with E-state index in [9.17, 15) is 9.59 Å². The Morgan fingerprint density at radius 1 is 1.15 bits per heavy atom. The predicted molar refractivity (Wildman–Crippen MR) is 99.7 cm³/mol. The van der Waals surface area contributed by atoms with Gasteiger partial charge in [0, 0.05) is 38.7 Å². The van der Waals surface area contributed by atoms with Crippen molar-refractivity contribution in [2.24, 2.45) is 5.92 Å². The van der Waals surface area contributed by atoms with Crippen LogP contribution >= 0.6 is 0 Å².